The molecule has 0 bridgehead atoms. The lowest BCUT2D eigenvalue weighted by atomic mass is 10.1. The van der Waals surface area contributed by atoms with Crippen LogP contribution in [0.5, 0.6) is 0 Å². The standard InChI is InChI=1S/C17H17ClF2N6O/c1-10-4-3-5-12(6-10)7-25-9-21-17(24-25)22-13(27)8-26-11(2)14(18)15(23-26)16(19)20/h3-6,9,16H,7-8H2,1-2H3,(H,22,24,27). The highest BCUT2D eigenvalue weighted by Gasteiger charge is 2.21. The fraction of sp³-hybridized carbons (Fsp3) is 0.294. The minimum Gasteiger partial charge on any atom is -0.292 e. The molecule has 142 valence electrons. The average Bonchev–Trinajstić information content (AvgIpc) is 3.14. The van der Waals surface area contributed by atoms with Crippen molar-refractivity contribution >= 4 is 23.5 Å². The van der Waals surface area contributed by atoms with Crippen LogP contribution in [0.1, 0.15) is 28.9 Å². The number of hydrogen-bond acceptors (Lipinski definition) is 4. The number of hydrogen-bond donors (Lipinski definition) is 1. The Bertz CT molecular complexity index is 968. The Morgan fingerprint density at radius 2 is 2.07 bits per heavy atom. The second kappa shape index (κ2) is 7.83. The van der Waals surface area contributed by atoms with Crippen molar-refractivity contribution in [1.82, 2.24) is 24.5 Å². The first kappa shape index (κ1) is 19.0. The molecule has 1 aromatic carbocycles. The lowest BCUT2D eigenvalue weighted by Gasteiger charge is -2.04. The zero-order chi connectivity index (χ0) is 19.6. The second-order valence-electron chi connectivity index (χ2n) is 6.05. The Kier molecular flexibility index (Phi) is 5.50. The average molecular weight is 395 g/mol. The van der Waals surface area contributed by atoms with Crippen molar-refractivity contribution in [2.24, 2.45) is 0 Å². The maximum absolute atomic E-state index is 12.8. The van der Waals surface area contributed by atoms with Crippen LogP contribution in [-0.2, 0) is 17.9 Å². The van der Waals surface area contributed by atoms with Gasteiger partial charge in [-0.05, 0) is 19.4 Å². The monoisotopic (exact) mass is 394 g/mol. The lowest BCUT2D eigenvalue weighted by Crippen LogP contribution is -2.21. The molecule has 1 amide bonds. The van der Waals surface area contributed by atoms with Crippen molar-refractivity contribution in [1.29, 1.82) is 0 Å². The summed E-state index contributed by atoms with van der Waals surface area (Å²) in [5, 5.41) is 10.3. The number of carbonyl (C=O) groups is 1. The van der Waals surface area contributed by atoms with E-state index in [1.165, 1.54) is 13.3 Å². The third kappa shape index (κ3) is 4.48. The first-order valence-electron chi connectivity index (χ1n) is 8.09. The number of anilines is 1. The Labute approximate surface area is 159 Å². The molecule has 0 saturated heterocycles. The highest BCUT2D eigenvalue weighted by Crippen LogP contribution is 2.28. The highest BCUT2D eigenvalue weighted by molar-refractivity contribution is 6.31. The Hall–Kier alpha value is -2.81. The molecule has 0 unspecified atom stereocenters. The fourth-order valence-corrected chi connectivity index (χ4v) is 2.78. The van der Waals surface area contributed by atoms with Crippen LogP contribution in [-0.4, -0.2) is 30.5 Å². The maximum Gasteiger partial charge on any atom is 0.283 e. The van der Waals surface area contributed by atoms with Crippen molar-refractivity contribution in [2.45, 2.75) is 33.4 Å². The van der Waals surface area contributed by atoms with Gasteiger partial charge in [-0.3, -0.25) is 14.8 Å². The van der Waals surface area contributed by atoms with E-state index < -0.39 is 18.0 Å². The van der Waals surface area contributed by atoms with Gasteiger partial charge in [0.05, 0.1) is 17.3 Å². The summed E-state index contributed by atoms with van der Waals surface area (Å²) in [4.78, 5) is 16.2. The largest absolute Gasteiger partial charge is 0.292 e. The Morgan fingerprint density at radius 3 is 2.74 bits per heavy atom. The van der Waals surface area contributed by atoms with Crippen LogP contribution in [0.4, 0.5) is 14.7 Å². The molecule has 0 saturated carbocycles. The summed E-state index contributed by atoms with van der Waals surface area (Å²) < 4.78 is 28.4. The molecule has 0 spiro atoms. The lowest BCUT2D eigenvalue weighted by molar-refractivity contribution is -0.117. The summed E-state index contributed by atoms with van der Waals surface area (Å²) in [5.41, 5.74) is 1.94. The zero-order valence-corrected chi connectivity index (χ0v) is 15.4. The number of amides is 1. The van der Waals surface area contributed by atoms with E-state index in [0.29, 0.717) is 12.2 Å². The Balaban J connectivity index is 1.64. The van der Waals surface area contributed by atoms with Gasteiger partial charge in [-0.25, -0.2) is 18.4 Å². The first-order valence-corrected chi connectivity index (χ1v) is 8.47. The van der Waals surface area contributed by atoms with Crippen molar-refractivity contribution in [3.05, 3.63) is 58.1 Å². The normalized spacial score (nSPS) is 11.2. The zero-order valence-electron chi connectivity index (χ0n) is 14.7. The van der Waals surface area contributed by atoms with Crippen molar-refractivity contribution < 1.29 is 13.6 Å². The molecule has 2 heterocycles. The van der Waals surface area contributed by atoms with Gasteiger partial charge in [0.25, 0.3) is 6.43 Å². The van der Waals surface area contributed by atoms with Gasteiger partial charge in [0, 0.05) is 0 Å². The number of alkyl halides is 2. The number of aryl methyl sites for hydroxylation is 1. The Morgan fingerprint density at radius 1 is 1.30 bits per heavy atom. The van der Waals surface area contributed by atoms with E-state index in [1.807, 2.05) is 31.2 Å². The number of nitrogens with one attached hydrogen (secondary N) is 1. The van der Waals surface area contributed by atoms with Crippen LogP contribution in [0.15, 0.2) is 30.6 Å². The molecule has 3 rings (SSSR count). The van der Waals surface area contributed by atoms with Crippen LogP contribution in [0.2, 0.25) is 5.02 Å². The van der Waals surface area contributed by atoms with Crippen LogP contribution >= 0.6 is 11.6 Å². The summed E-state index contributed by atoms with van der Waals surface area (Å²) in [6.07, 6.45) is -1.30. The van der Waals surface area contributed by atoms with Crippen LogP contribution in [0, 0.1) is 13.8 Å². The van der Waals surface area contributed by atoms with Gasteiger partial charge in [0.15, 0.2) is 0 Å². The van der Waals surface area contributed by atoms with E-state index in [4.69, 9.17) is 11.6 Å². The van der Waals surface area contributed by atoms with Crippen LogP contribution in [0.25, 0.3) is 0 Å². The molecular formula is C17H17ClF2N6O. The second-order valence-corrected chi connectivity index (χ2v) is 6.42. The molecule has 0 aliphatic heterocycles. The van der Waals surface area contributed by atoms with Crippen molar-refractivity contribution in [3.8, 4) is 0 Å². The van der Waals surface area contributed by atoms with Gasteiger partial charge >= 0.3 is 0 Å². The summed E-state index contributed by atoms with van der Waals surface area (Å²) in [6.45, 7) is 3.75. The third-order valence-electron chi connectivity index (χ3n) is 3.87. The molecule has 7 nitrogen and oxygen atoms in total. The molecule has 3 aromatic rings. The molecule has 2 aromatic heterocycles. The van der Waals surface area contributed by atoms with E-state index in [-0.39, 0.29) is 17.5 Å². The van der Waals surface area contributed by atoms with Gasteiger partial charge in [-0.2, -0.15) is 5.10 Å². The van der Waals surface area contributed by atoms with Crippen molar-refractivity contribution in [2.75, 3.05) is 5.32 Å². The third-order valence-corrected chi connectivity index (χ3v) is 4.34. The van der Waals surface area contributed by atoms with Crippen LogP contribution < -0.4 is 5.32 Å². The molecular weight excluding hydrogens is 378 g/mol. The number of nitrogens with zero attached hydrogens (tertiary/aromatic N) is 5. The number of carbonyl (C=O) groups excluding carboxylic acids is 1. The quantitative estimate of drug-likeness (QED) is 0.695. The highest BCUT2D eigenvalue weighted by atomic mass is 35.5. The summed E-state index contributed by atoms with van der Waals surface area (Å²) in [5.74, 6) is -0.371. The van der Waals surface area contributed by atoms with Gasteiger partial charge in [-0.1, -0.05) is 41.4 Å². The minimum atomic E-state index is -2.81. The van der Waals surface area contributed by atoms with E-state index >= 15 is 0 Å². The topological polar surface area (TPSA) is 77.6 Å². The maximum atomic E-state index is 12.8. The molecule has 0 fully saturated rings. The van der Waals surface area contributed by atoms with Crippen LogP contribution in [0.3, 0.4) is 0 Å². The fourth-order valence-electron chi connectivity index (χ4n) is 2.57. The molecule has 0 aliphatic carbocycles. The first-order chi connectivity index (χ1) is 12.8. The predicted octanol–water partition coefficient (Wildman–Crippen LogP) is 3.37. The number of benzene rings is 1. The molecule has 1 N–H and O–H groups in total. The van der Waals surface area contributed by atoms with Gasteiger partial charge in [0.2, 0.25) is 11.9 Å². The van der Waals surface area contributed by atoms with E-state index in [0.717, 1.165) is 15.8 Å². The predicted molar refractivity (Wildman–Crippen MR) is 95.9 cm³/mol. The number of rotatable bonds is 6. The van der Waals surface area contributed by atoms with E-state index in [1.54, 1.807) is 4.68 Å². The van der Waals surface area contributed by atoms with Gasteiger partial charge in [0.1, 0.15) is 18.6 Å². The molecule has 0 aliphatic rings. The smallest absolute Gasteiger partial charge is 0.283 e. The number of halogens is 3. The molecule has 10 heteroatoms. The summed E-state index contributed by atoms with van der Waals surface area (Å²) in [6, 6.07) is 7.96. The minimum absolute atomic E-state index is 0.123. The number of aromatic nitrogens is 5. The van der Waals surface area contributed by atoms with Crippen molar-refractivity contribution in [3.63, 3.8) is 0 Å². The van der Waals surface area contributed by atoms with E-state index in [9.17, 15) is 13.6 Å². The molecule has 0 atom stereocenters. The molecule has 27 heavy (non-hydrogen) atoms. The summed E-state index contributed by atoms with van der Waals surface area (Å²) in [7, 11) is 0. The van der Waals surface area contributed by atoms with Gasteiger partial charge in [-0.15, -0.1) is 5.10 Å². The molecule has 0 radical (unpaired) electrons. The summed E-state index contributed by atoms with van der Waals surface area (Å²) >= 11 is 5.82. The SMILES string of the molecule is Cc1cccc(Cn2cnc(NC(=O)Cn3nc(C(F)F)c(Cl)c3C)n2)c1. The van der Waals surface area contributed by atoms with E-state index in [2.05, 4.69) is 20.5 Å². The van der Waals surface area contributed by atoms with Gasteiger partial charge < -0.3 is 0 Å².